The Kier molecular flexibility index (Phi) is 5.46. The standard InChI is InChI=1S/C22H23FN4O2/c1-2-29-20-10-8-16(13-18(20)23)25-22(28)26-21-17-6-4-3-5-15(17)7-9-19(21)27-12-11-24-14-27/h3-6,8,10-14,19,21H,2,7,9H2,1H3,(H2,25,26,28)/t19-,21+/m1/s1. The number of carbonyl (C=O) groups excluding carboxylic acids is 1. The fourth-order valence-corrected chi connectivity index (χ4v) is 3.86. The molecule has 0 saturated heterocycles. The molecular formula is C22H23FN4O2. The number of rotatable bonds is 5. The monoisotopic (exact) mass is 394 g/mol. The Hall–Kier alpha value is -3.35. The fourth-order valence-electron chi connectivity index (χ4n) is 3.86. The van der Waals surface area contributed by atoms with Crippen molar-refractivity contribution in [3.05, 3.63) is 78.1 Å². The SMILES string of the molecule is CCOc1ccc(NC(=O)N[C@H]2c3ccccc3CC[C@H]2n2ccnc2)cc1F. The van der Waals surface area contributed by atoms with Gasteiger partial charge in [-0.15, -0.1) is 0 Å². The third-order valence-electron chi connectivity index (χ3n) is 5.17. The highest BCUT2D eigenvalue weighted by atomic mass is 19.1. The minimum Gasteiger partial charge on any atom is -0.491 e. The molecule has 1 heterocycles. The van der Waals surface area contributed by atoms with Crippen molar-refractivity contribution in [2.24, 2.45) is 0 Å². The highest BCUT2D eigenvalue weighted by Crippen LogP contribution is 2.37. The maximum atomic E-state index is 14.1. The predicted molar refractivity (Wildman–Crippen MR) is 108 cm³/mol. The van der Waals surface area contributed by atoms with Crippen LogP contribution in [0, 0.1) is 5.82 Å². The lowest BCUT2D eigenvalue weighted by Crippen LogP contribution is -2.39. The minimum absolute atomic E-state index is 0.0511. The first-order chi connectivity index (χ1) is 14.2. The molecule has 0 bridgehead atoms. The van der Waals surface area contributed by atoms with E-state index in [1.807, 2.05) is 29.0 Å². The number of ether oxygens (including phenoxy) is 1. The number of halogens is 1. The van der Waals surface area contributed by atoms with E-state index in [1.165, 1.54) is 17.7 Å². The Morgan fingerprint density at radius 3 is 2.93 bits per heavy atom. The van der Waals surface area contributed by atoms with Crippen molar-refractivity contribution in [1.29, 1.82) is 0 Å². The molecule has 4 rings (SSSR count). The van der Waals surface area contributed by atoms with Gasteiger partial charge in [0.1, 0.15) is 0 Å². The van der Waals surface area contributed by atoms with Crippen LogP contribution in [0.4, 0.5) is 14.9 Å². The van der Waals surface area contributed by atoms with Gasteiger partial charge in [0.25, 0.3) is 0 Å². The second-order valence-electron chi connectivity index (χ2n) is 6.97. The highest BCUT2D eigenvalue weighted by molar-refractivity contribution is 5.89. The van der Waals surface area contributed by atoms with Gasteiger partial charge in [-0.2, -0.15) is 0 Å². The van der Waals surface area contributed by atoms with Crippen LogP contribution >= 0.6 is 0 Å². The largest absolute Gasteiger partial charge is 0.491 e. The zero-order valence-electron chi connectivity index (χ0n) is 16.1. The van der Waals surface area contributed by atoms with Crippen LogP contribution in [-0.2, 0) is 6.42 Å². The molecule has 1 aromatic heterocycles. The molecule has 1 aliphatic rings. The Morgan fingerprint density at radius 2 is 2.17 bits per heavy atom. The number of hydrogen-bond acceptors (Lipinski definition) is 3. The van der Waals surface area contributed by atoms with Crippen molar-refractivity contribution in [3.63, 3.8) is 0 Å². The van der Waals surface area contributed by atoms with Gasteiger partial charge in [0.15, 0.2) is 11.6 Å². The van der Waals surface area contributed by atoms with E-state index in [0.29, 0.717) is 12.3 Å². The van der Waals surface area contributed by atoms with E-state index >= 15 is 0 Å². The summed E-state index contributed by atoms with van der Waals surface area (Å²) in [6.45, 7) is 2.17. The first-order valence-corrected chi connectivity index (χ1v) is 9.71. The quantitative estimate of drug-likeness (QED) is 0.671. The average molecular weight is 394 g/mol. The molecule has 29 heavy (non-hydrogen) atoms. The second kappa shape index (κ2) is 8.34. The predicted octanol–water partition coefficient (Wildman–Crippen LogP) is 4.47. The van der Waals surface area contributed by atoms with Gasteiger partial charge in [-0.3, -0.25) is 0 Å². The van der Waals surface area contributed by atoms with Gasteiger partial charge in [-0.1, -0.05) is 24.3 Å². The van der Waals surface area contributed by atoms with Crippen LogP contribution in [0.3, 0.4) is 0 Å². The molecule has 0 fully saturated rings. The third-order valence-corrected chi connectivity index (χ3v) is 5.17. The number of aromatic nitrogens is 2. The maximum Gasteiger partial charge on any atom is 0.319 e. The number of hydrogen-bond donors (Lipinski definition) is 2. The molecule has 2 atom stereocenters. The van der Waals surface area contributed by atoms with Crippen LogP contribution in [0.15, 0.2) is 61.2 Å². The number of benzene rings is 2. The van der Waals surface area contributed by atoms with Crippen LogP contribution < -0.4 is 15.4 Å². The van der Waals surface area contributed by atoms with Gasteiger partial charge in [0, 0.05) is 24.1 Å². The van der Waals surface area contributed by atoms with E-state index in [9.17, 15) is 9.18 Å². The van der Waals surface area contributed by atoms with E-state index < -0.39 is 5.82 Å². The molecule has 0 saturated carbocycles. The Balaban J connectivity index is 1.54. The highest BCUT2D eigenvalue weighted by Gasteiger charge is 2.31. The van der Waals surface area contributed by atoms with Crippen LogP contribution in [0.25, 0.3) is 0 Å². The molecule has 2 amide bonds. The van der Waals surface area contributed by atoms with E-state index in [-0.39, 0.29) is 23.9 Å². The molecule has 0 unspecified atom stereocenters. The summed E-state index contributed by atoms with van der Waals surface area (Å²) in [7, 11) is 0. The summed E-state index contributed by atoms with van der Waals surface area (Å²) in [4.78, 5) is 16.9. The Bertz CT molecular complexity index is 990. The first kappa shape index (κ1) is 19.0. The minimum atomic E-state index is -0.510. The van der Waals surface area contributed by atoms with Gasteiger partial charge in [-0.25, -0.2) is 14.2 Å². The molecule has 6 nitrogen and oxygen atoms in total. The fraction of sp³-hybridized carbons (Fsp3) is 0.273. The van der Waals surface area contributed by atoms with Gasteiger partial charge >= 0.3 is 6.03 Å². The van der Waals surface area contributed by atoms with E-state index in [1.54, 1.807) is 25.5 Å². The zero-order valence-corrected chi connectivity index (χ0v) is 16.1. The molecular weight excluding hydrogens is 371 g/mol. The van der Waals surface area contributed by atoms with Crippen LogP contribution in [0.1, 0.15) is 36.6 Å². The summed E-state index contributed by atoms with van der Waals surface area (Å²) >= 11 is 0. The lowest BCUT2D eigenvalue weighted by atomic mass is 9.84. The number of urea groups is 1. The molecule has 2 N–H and O–H groups in total. The number of anilines is 1. The Labute approximate surface area is 168 Å². The van der Waals surface area contributed by atoms with Crippen molar-refractivity contribution in [1.82, 2.24) is 14.9 Å². The third kappa shape index (κ3) is 4.08. The number of fused-ring (bicyclic) bond motifs is 1. The first-order valence-electron chi connectivity index (χ1n) is 9.71. The molecule has 0 radical (unpaired) electrons. The second-order valence-corrected chi connectivity index (χ2v) is 6.97. The molecule has 0 spiro atoms. The zero-order chi connectivity index (χ0) is 20.2. The van der Waals surface area contributed by atoms with Crippen LogP contribution in [0.5, 0.6) is 5.75 Å². The topological polar surface area (TPSA) is 68.2 Å². The van der Waals surface area contributed by atoms with Crippen molar-refractivity contribution in [2.75, 3.05) is 11.9 Å². The van der Waals surface area contributed by atoms with Crippen molar-refractivity contribution in [2.45, 2.75) is 31.8 Å². The van der Waals surface area contributed by atoms with Gasteiger partial charge in [0.2, 0.25) is 0 Å². The number of nitrogens with one attached hydrogen (secondary N) is 2. The van der Waals surface area contributed by atoms with Crippen molar-refractivity contribution >= 4 is 11.7 Å². The normalized spacial score (nSPS) is 18.0. The lowest BCUT2D eigenvalue weighted by molar-refractivity contribution is 0.239. The summed E-state index contributed by atoms with van der Waals surface area (Å²) in [6.07, 6.45) is 7.24. The molecule has 0 aliphatic heterocycles. The van der Waals surface area contributed by atoms with Crippen molar-refractivity contribution in [3.8, 4) is 5.75 Å². The summed E-state index contributed by atoms with van der Waals surface area (Å²) in [6, 6.07) is 12.0. The molecule has 1 aliphatic carbocycles. The van der Waals surface area contributed by atoms with Gasteiger partial charge < -0.3 is 19.9 Å². The van der Waals surface area contributed by atoms with Gasteiger partial charge in [-0.05, 0) is 43.0 Å². The van der Waals surface area contributed by atoms with Crippen LogP contribution in [0.2, 0.25) is 0 Å². The molecule has 3 aromatic rings. The number of nitrogens with zero attached hydrogens (tertiary/aromatic N) is 2. The van der Waals surface area contributed by atoms with E-state index in [0.717, 1.165) is 18.4 Å². The number of carbonyl (C=O) groups is 1. The molecule has 2 aromatic carbocycles. The summed E-state index contributed by atoms with van der Waals surface area (Å²) in [5, 5.41) is 5.79. The summed E-state index contributed by atoms with van der Waals surface area (Å²) < 4.78 is 21.3. The summed E-state index contributed by atoms with van der Waals surface area (Å²) in [5.41, 5.74) is 2.68. The Morgan fingerprint density at radius 1 is 1.31 bits per heavy atom. The lowest BCUT2D eigenvalue weighted by Gasteiger charge is -2.35. The number of amides is 2. The molecule has 7 heteroatoms. The summed E-state index contributed by atoms with van der Waals surface area (Å²) in [5.74, 6) is -0.344. The van der Waals surface area contributed by atoms with E-state index in [2.05, 4.69) is 21.7 Å². The average Bonchev–Trinajstić information content (AvgIpc) is 3.25. The van der Waals surface area contributed by atoms with E-state index in [4.69, 9.17) is 4.74 Å². The maximum absolute atomic E-state index is 14.1. The van der Waals surface area contributed by atoms with Crippen LogP contribution in [-0.4, -0.2) is 22.2 Å². The smallest absolute Gasteiger partial charge is 0.319 e. The number of imidazole rings is 1. The molecule has 150 valence electrons. The van der Waals surface area contributed by atoms with Gasteiger partial charge in [0.05, 0.1) is 25.0 Å². The number of aryl methyl sites for hydroxylation is 1. The van der Waals surface area contributed by atoms with Crippen molar-refractivity contribution < 1.29 is 13.9 Å².